The molecule has 6 nitrogen and oxygen atoms in total. The van der Waals surface area contributed by atoms with Gasteiger partial charge in [-0.3, -0.25) is 9.59 Å². The van der Waals surface area contributed by atoms with Crippen molar-refractivity contribution in [3.05, 3.63) is 64.7 Å². The molecule has 0 spiro atoms. The summed E-state index contributed by atoms with van der Waals surface area (Å²) in [5.41, 5.74) is 1.25. The van der Waals surface area contributed by atoms with E-state index in [4.69, 9.17) is 9.47 Å². The number of benzene rings is 2. The molecule has 4 rings (SSSR count). The number of rotatable bonds is 3. The second-order valence-corrected chi connectivity index (χ2v) is 7.63. The van der Waals surface area contributed by atoms with Crippen LogP contribution in [-0.2, 0) is 9.47 Å². The monoisotopic (exact) mass is 381 g/mol. The summed E-state index contributed by atoms with van der Waals surface area (Å²) < 4.78 is 11.0. The lowest BCUT2D eigenvalue weighted by molar-refractivity contribution is -0.223. The Labute approximate surface area is 163 Å². The van der Waals surface area contributed by atoms with E-state index in [1.165, 1.54) is 0 Å². The summed E-state index contributed by atoms with van der Waals surface area (Å²) in [4.78, 5) is 26.1. The van der Waals surface area contributed by atoms with Crippen molar-refractivity contribution in [3.63, 3.8) is 0 Å². The lowest BCUT2D eigenvalue weighted by Crippen LogP contribution is -2.59. The van der Waals surface area contributed by atoms with Gasteiger partial charge in [-0.25, -0.2) is 0 Å². The molecule has 1 aliphatic carbocycles. The fourth-order valence-corrected chi connectivity index (χ4v) is 4.17. The molecule has 2 aliphatic rings. The Morgan fingerprint density at radius 2 is 1.71 bits per heavy atom. The average molecular weight is 381 g/mol. The molecule has 28 heavy (non-hydrogen) atoms. The van der Waals surface area contributed by atoms with Crippen LogP contribution >= 0.6 is 0 Å². The molecule has 2 N–H and O–H groups in total. The highest BCUT2D eigenvalue weighted by Crippen LogP contribution is 2.37. The van der Waals surface area contributed by atoms with Crippen LogP contribution in [0.3, 0.4) is 0 Å². The van der Waals surface area contributed by atoms with Crippen LogP contribution in [0.2, 0.25) is 0 Å². The van der Waals surface area contributed by atoms with E-state index >= 15 is 0 Å². The van der Waals surface area contributed by atoms with Gasteiger partial charge in [0.25, 0.3) is 0 Å². The highest BCUT2D eigenvalue weighted by Gasteiger charge is 2.45. The number of methoxy groups -OCH3 is 1. The molecule has 1 heterocycles. The maximum atomic E-state index is 13.2. The maximum absolute atomic E-state index is 13.2. The smallest absolute Gasteiger partial charge is 0.196 e. The zero-order valence-electron chi connectivity index (χ0n) is 16.1. The summed E-state index contributed by atoms with van der Waals surface area (Å²) in [6.45, 7) is 3.65. The second kappa shape index (κ2) is 6.81. The minimum absolute atomic E-state index is 0.172. The molecule has 1 fully saturated rings. The molecule has 6 heteroatoms. The van der Waals surface area contributed by atoms with Crippen LogP contribution in [0.25, 0.3) is 0 Å². The van der Waals surface area contributed by atoms with Crippen molar-refractivity contribution >= 4 is 17.3 Å². The first kappa shape index (κ1) is 18.8. The van der Waals surface area contributed by atoms with Gasteiger partial charge in [0.05, 0.1) is 17.2 Å². The molecule has 2 aromatic rings. The van der Waals surface area contributed by atoms with Crippen molar-refractivity contribution in [1.82, 2.24) is 0 Å². The summed E-state index contributed by atoms with van der Waals surface area (Å²) in [6, 6.07) is 12.0. The molecule has 0 saturated carbocycles. The molecule has 0 bridgehead atoms. The third kappa shape index (κ3) is 2.85. The van der Waals surface area contributed by atoms with E-state index in [-0.39, 0.29) is 11.6 Å². The van der Waals surface area contributed by atoms with Crippen molar-refractivity contribution in [2.24, 2.45) is 0 Å². The van der Waals surface area contributed by atoms with Crippen LogP contribution in [-0.4, -0.2) is 47.8 Å². The predicted octanol–water partition coefficient (Wildman–Crippen LogP) is 2.77. The van der Waals surface area contributed by atoms with E-state index < -0.39 is 24.0 Å². The highest BCUT2D eigenvalue weighted by atomic mass is 16.7. The Morgan fingerprint density at radius 1 is 1.07 bits per heavy atom. The van der Waals surface area contributed by atoms with Gasteiger partial charge in [0.2, 0.25) is 0 Å². The molecular formula is C22H23NO5. The molecule has 2 aromatic carbocycles. The Morgan fingerprint density at radius 3 is 2.39 bits per heavy atom. The standard InChI is InChI=1S/C22H23NO5/c1-12-21(26)22(2,11-17(27-3)28-12)23-16-10-6-9-15-18(16)20(25)14-8-5-4-7-13(14)19(15)24/h4-10,12,17,21,23,26H,11H2,1-3H3/t12-,17+,21-,22+/m0/s1. The van der Waals surface area contributed by atoms with Gasteiger partial charge in [-0.15, -0.1) is 0 Å². The molecular weight excluding hydrogens is 358 g/mol. The topological polar surface area (TPSA) is 84.9 Å². The number of ether oxygens (including phenoxy) is 2. The average Bonchev–Trinajstić information content (AvgIpc) is 2.70. The fourth-order valence-electron chi connectivity index (χ4n) is 4.17. The third-order valence-corrected chi connectivity index (χ3v) is 5.69. The largest absolute Gasteiger partial charge is 0.388 e. The van der Waals surface area contributed by atoms with E-state index in [1.807, 2.05) is 6.92 Å². The minimum Gasteiger partial charge on any atom is -0.388 e. The Hall–Kier alpha value is -2.54. The first-order valence-corrected chi connectivity index (χ1v) is 9.31. The van der Waals surface area contributed by atoms with E-state index in [0.29, 0.717) is 34.4 Å². The number of ketones is 2. The number of fused-ring (bicyclic) bond motifs is 2. The van der Waals surface area contributed by atoms with E-state index in [1.54, 1.807) is 56.5 Å². The third-order valence-electron chi connectivity index (χ3n) is 5.69. The fraction of sp³-hybridized carbons (Fsp3) is 0.364. The van der Waals surface area contributed by atoms with Gasteiger partial charge in [0.15, 0.2) is 17.9 Å². The molecule has 1 aliphatic heterocycles. The second-order valence-electron chi connectivity index (χ2n) is 7.63. The van der Waals surface area contributed by atoms with Gasteiger partial charge >= 0.3 is 0 Å². The zero-order valence-corrected chi connectivity index (χ0v) is 16.1. The quantitative estimate of drug-likeness (QED) is 0.726. The Kier molecular flexibility index (Phi) is 4.57. The summed E-state index contributed by atoms with van der Waals surface area (Å²) in [7, 11) is 1.55. The predicted molar refractivity (Wildman–Crippen MR) is 104 cm³/mol. The Balaban J connectivity index is 1.77. The maximum Gasteiger partial charge on any atom is 0.196 e. The van der Waals surface area contributed by atoms with Crippen LogP contribution in [0, 0.1) is 0 Å². The number of hydrogen-bond acceptors (Lipinski definition) is 6. The van der Waals surface area contributed by atoms with Crippen LogP contribution in [0.4, 0.5) is 5.69 Å². The number of aliphatic hydroxyl groups is 1. The Bertz CT molecular complexity index is 956. The first-order valence-electron chi connectivity index (χ1n) is 9.31. The number of aliphatic hydroxyl groups excluding tert-OH is 1. The number of anilines is 1. The van der Waals surface area contributed by atoms with Crippen molar-refractivity contribution in [1.29, 1.82) is 0 Å². The van der Waals surface area contributed by atoms with Gasteiger partial charge in [0.1, 0.15) is 6.10 Å². The summed E-state index contributed by atoms with van der Waals surface area (Å²) >= 11 is 0. The summed E-state index contributed by atoms with van der Waals surface area (Å²) in [5, 5.41) is 14.1. The van der Waals surface area contributed by atoms with E-state index in [2.05, 4.69) is 5.32 Å². The van der Waals surface area contributed by atoms with Gasteiger partial charge in [-0.05, 0) is 19.9 Å². The van der Waals surface area contributed by atoms with Gasteiger partial charge in [-0.2, -0.15) is 0 Å². The van der Waals surface area contributed by atoms with Crippen molar-refractivity contribution in [2.45, 2.75) is 44.3 Å². The van der Waals surface area contributed by atoms with Crippen LogP contribution < -0.4 is 5.32 Å². The SMILES string of the molecule is CO[C@H]1C[C@@](C)(Nc2cccc3c2C(=O)c2ccccc2C3=O)[C@@H](O)[C@H](C)O1. The molecule has 0 radical (unpaired) electrons. The molecule has 4 atom stereocenters. The molecule has 0 amide bonds. The number of hydrogen-bond donors (Lipinski definition) is 2. The first-order chi connectivity index (χ1) is 13.4. The van der Waals surface area contributed by atoms with Crippen molar-refractivity contribution in [3.8, 4) is 0 Å². The molecule has 146 valence electrons. The summed E-state index contributed by atoms with van der Waals surface area (Å²) in [6.07, 6.45) is -1.36. The highest BCUT2D eigenvalue weighted by molar-refractivity contribution is 6.30. The van der Waals surface area contributed by atoms with Gasteiger partial charge < -0.3 is 19.9 Å². The van der Waals surface area contributed by atoms with Crippen LogP contribution in [0.1, 0.15) is 52.1 Å². The van der Waals surface area contributed by atoms with E-state index in [0.717, 1.165) is 0 Å². The lowest BCUT2D eigenvalue weighted by atomic mass is 9.81. The van der Waals surface area contributed by atoms with Gasteiger partial charge in [-0.1, -0.05) is 36.4 Å². The molecule has 1 saturated heterocycles. The lowest BCUT2D eigenvalue weighted by Gasteiger charge is -2.46. The minimum atomic E-state index is -0.823. The van der Waals surface area contributed by atoms with Crippen LogP contribution in [0.15, 0.2) is 42.5 Å². The van der Waals surface area contributed by atoms with E-state index in [9.17, 15) is 14.7 Å². The number of carbonyl (C=O) groups is 2. The summed E-state index contributed by atoms with van der Waals surface area (Å²) in [5.74, 6) is -0.371. The van der Waals surface area contributed by atoms with Crippen molar-refractivity contribution < 1.29 is 24.2 Å². The number of carbonyl (C=O) groups excluding carboxylic acids is 2. The van der Waals surface area contributed by atoms with Crippen LogP contribution in [0.5, 0.6) is 0 Å². The van der Waals surface area contributed by atoms with Crippen molar-refractivity contribution in [2.75, 3.05) is 12.4 Å². The zero-order chi connectivity index (χ0) is 20.1. The van der Waals surface area contributed by atoms with Gasteiger partial charge in [0, 0.05) is 35.9 Å². The molecule has 0 unspecified atom stereocenters. The normalized spacial score (nSPS) is 29.2. The molecule has 0 aromatic heterocycles. The number of nitrogens with one attached hydrogen (secondary N) is 1.